The number of rotatable bonds is 11. The van der Waals surface area contributed by atoms with Crippen LogP contribution in [-0.2, 0) is 25.7 Å². The molecule has 0 bridgehead atoms. The van der Waals surface area contributed by atoms with Crippen molar-refractivity contribution in [2.45, 2.75) is 43.3 Å². The number of hydrogen-bond donors (Lipinski definition) is 3. The lowest BCUT2D eigenvalue weighted by Crippen LogP contribution is -2.71. The quantitative estimate of drug-likeness (QED) is 0.251. The summed E-state index contributed by atoms with van der Waals surface area (Å²) in [6, 6.07) is 11.4. The van der Waals surface area contributed by atoms with E-state index in [9.17, 15) is 34.2 Å². The summed E-state index contributed by atoms with van der Waals surface area (Å²) in [4.78, 5) is 61.9. The number of ether oxygens (including phenoxy) is 1. The number of carbonyl (C=O) groups excluding carboxylic acids is 4. The molecule has 3 heterocycles. The second-order valence-corrected chi connectivity index (χ2v) is 9.98. The van der Waals surface area contributed by atoms with E-state index in [0.717, 1.165) is 4.90 Å². The molecule has 12 nitrogen and oxygen atoms in total. The maximum atomic E-state index is 12.8. The molecule has 39 heavy (non-hydrogen) atoms. The van der Waals surface area contributed by atoms with Gasteiger partial charge in [0.1, 0.15) is 23.2 Å². The van der Waals surface area contributed by atoms with Crippen LogP contribution in [-0.4, -0.2) is 63.1 Å². The molecule has 0 spiro atoms. The molecule has 0 unspecified atom stereocenters. The zero-order valence-corrected chi connectivity index (χ0v) is 21.5. The van der Waals surface area contributed by atoms with Crippen LogP contribution in [0, 0.1) is 0 Å². The fraction of sp³-hybridized carbons (Fsp3) is 0.308. The number of nitrogens with zero attached hydrogens (tertiary/aromatic N) is 2. The van der Waals surface area contributed by atoms with Gasteiger partial charge in [-0.3, -0.25) is 14.5 Å². The van der Waals surface area contributed by atoms with E-state index in [2.05, 4.69) is 10.6 Å². The molecule has 1 aromatic heterocycles. The predicted molar refractivity (Wildman–Crippen MR) is 135 cm³/mol. The Hall–Kier alpha value is -4.39. The molecule has 2 aromatic rings. The Kier molecular flexibility index (Phi) is 8.81. The van der Waals surface area contributed by atoms with Crippen molar-refractivity contribution in [3.05, 3.63) is 72.2 Å². The van der Waals surface area contributed by atoms with Crippen molar-refractivity contribution < 1.29 is 43.5 Å². The highest BCUT2D eigenvalue weighted by Gasteiger charge is 2.53. The third-order valence-electron chi connectivity index (χ3n) is 6.15. The van der Waals surface area contributed by atoms with Gasteiger partial charge in [-0.15, -0.1) is 11.8 Å². The van der Waals surface area contributed by atoms with Crippen molar-refractivity contribution >= 4 is 41.6 Å². The molecule has 1 aromatic carbocycles. The highest BCUT2D eigenvalue weighted by atomic mass is 32.2. The Bertz CT molecular complexity index is 1290. The average molecular weight is 555 g/mol. The van der Waals surface area contributed by atoms with E-state index in [0.29, 0.717) is 11.3 Å². The summed E-state index contributed by atoms with van der Waals surface area (Å²) in [5.41, 5.74) is 0.354. The van der Waals surface area contributed by atoms with E-state index in [4.69, 9.17) is 4.74 Å². The molecule has 2 aliphatic heterocycles. The number of amides is 3. The van der Waals surface area contributed by atoms with Crippen LogP contribution in [0.2, 0.25) is 0 Å². The third kappa shape index (κ3) is 6.74. The van der Waals surface area contributed by atoms with Gasteiger partial charge in [-0.1, -0.05) is 24.3 Å². The van der Waals surface area contributed by atoms with Gasteiger partial charge in [0.05, 0.1) is 11.7 Å². The monoisotopic (exact) mass is 554 g/mol. The van der Waals surface area contributed by atoms with Gasteiger partial charge >= 0.3 is 12.1 Å². The number of β-lactam (4-membered cyclic amide) rings is 1. The number of nitrogens with one attached hydrogen (secondary N) is 2. The summed E-state index contributed by atoms with van der Waals surface area (Å²) in [5, 5.41) is 25.6. The first kappa shape index (κ1) is 27.6. The molecule has 1 saturated heterocycles. The van der Waals surface area contributed by atoms with Crippen molar-refractivity contribution in [3.63, 3.8) is 0 Å². The van der Waals surface area contributed by atoms with Gasteiger partial charge in [-0.05, 0) is 25.0 Å². The first-order valence-electron chi connectivity index (χ1n) is 12.1. The summed E-state index contributed by atoms with van der Waals surface area (Å²) in [5.74, 6) is -3.19. The Balaban J connectivity index is 1.28. The van der Waals surface area contributed by atoms with Gasteiger partial charge in [-0.2, -0.15) is 0 Å². The summed E-state index contributed by atoms with van der Waals surface area (Å²) >= 11 is 1.34. The Morgan fingerprint density at radius 2 is 1.82 bits per heavy atom. The highest BCUT2D eigenvalue weighted by Crippen LogP contribution is 2.40. The minimum atomic E-state index is -1.46. The molecule has 13 heteroatoms. The average Bonchev–Trinajstić information content (AvgIpc) is 2.91. The van der Waals surface area contributed by atoms with Crippen LogP contribution >= 0.6 is 11.8 Å². The minimum Gasteiger partial charge on any atom is -0.543 e. The standard InChI is InChI=1S/C26H26N4O8S/c31-19(11-7-10-18(24(33)34)27-26(37)38-17-8-3-1-4-9-17)28-20-22(32)30-21(25(35)36)16(15-39-23(20)30)14-29-12-5-2-6-13-29/h1-6,8-9,12-13,18,20,23H,7,10-11,14-15H2,(H3-,27,28,31,33,34,35,36,37)/t18-,20-,23-/m1/s1. The van der Waals surface area contributed by atoms with Crippen molar-refractivity contribution in [2.75, 3.05) is 5.75 Å². The largest absolute Gasteiger partial charge is 0.543 e. The number of aromatic nitrogens is 1. The van der Waals surface area contributed by atoms with Gasteiger partial charge in [0.2, 0.25) is 5.91 Å². The van der Waals surface area contributed by atoms with Gasteiger partial charge in [0, 0.05) is 29.9 Å². The summed E-state index contributed by atoms with van der Waals surface area (Å²) < 4.78 is 6.83. The smallest absolute Gasteiger partial charge is 0.413 e. The SMILES string of the molecule is O=C(CCC[C@@H](NC(=O)Oc1ccccc1)C(=O)O)N[C@@H]1C(=O)N2C(C(=O)[O-])=C(C[n+]3ccccc3)CS[C@H]12. The molecule has 3 N–H and O–H groups in total. The lowest BCUT2D eigenvalue weighted by atomic mass is 10.0. The van der Waals surface area contributed by atoms with Crippen LogP contribution in [0.15, 0.2) is 72.2 Å². The zero-order valence-electron chi connectivity index (χ0n) is 20.6. The van der Waals surface area contributed by atoms with Gasteiger partial charge in [-0.25, -0.2) is 14.2 Å². The van der Waals surface area contributed by atoms with Crippen LogP contribution in [0.5, 0.6) is 5.75 Å². The van der Waals surface area contributed by atoms with Crippen LogP contribution in [0.4, 0.5) is 4.79 Å². The minimum absolute atomic E-state index is 0.0480. The molecule has 204 valence electrons. The van der Waals surface area contributed by atoms with E-state index >= 15 is 0 Å². The van der Waals surface area contributed by atoms with Crippen molar-refractivity contribution in [3.8, 4) is 5.75 Å². The fourth-order valence-corrected chi connectivity index (χ4v) is 5.63. The van der Waals surface area contributed by atoms with E-state index < -0.39 is 47.3 Å². The number of pyridine rings is 1. The molecule has 3 amide bonds. The molecule has 2 aliphatic rings. The number of aliphatic carboxylic acids is 2. The van der Waals surface area contributed by atoms with Crippen LogP contribution in [0.3, 0.4) is 0 Å². The first-order valence-corrected chi connectivity index (χ1v) is 13.2. The molecular formula is C26H26N4O8S. The lowest BCUT2D eigenvalue weighted by Gasteiger charge is -2.50. The van der Waals surface area contributed by atoms with E-state index in [1.807, 2.05) is 18.2 Å². The Labute approximate surface area is 227 Å². The highest BCUT2D eigenvalue weighted by molar-refractivity contribution is 8.00. The third-order valence-corrected chi connectivity index (χ3v) is 7.49. The fourth-order valence-electron chi connectivity index (χ4n) is 4.29. The number of fused-ring (bicyclic) bond motifs is 1. The Morgan fingerprint density at radius 3 is 2.49 bits per heavy atom. The summed E-state index contributed by atoms with van der Waals surface area (Å²) in [6.07, 6.45) is 2.60. The number of carboxylic acid groups (broad SMARTS) is 2. The molecule has 0 radical (unpaired) electrons. The topological polar surface area (TPSA) is 169 Å². The van der Waals surface area contributed by atoms with Crippen molar-refractivity contribution in [1.29, 1.82) is 0 Å². The summed E-state index contributed by atoms with van der Waals surface area (Å²) in [6.45, 7) is 0.280. The molecule has 0 aliphatic carbocycles. The first-order chi connectivity index (χ1) is 18.7. The molecular weight excluding hydrogens is 528 g/mol. The van der Waals surface area contributed by atoms with E-state index in [-0.39, 0.29) is 37.3 Å². The molecule has 0 saturated carbocycles. The second-order valence-electron chi connectivity index (χ2n) is 8.87. The van der Waals surface area contributed by atoms with Gasteiger partial charge in [0.15, 0.2) is 18.9 Å². The summed E-state index contributed by atoms with van der Waals surface area (Å²) in [7, 11) is 0. The Morgan fingerprint density at radius 1 is 1.13 bits per heavy atom. The number of hydrogen-bond acceptors (Lipinski definition) is 8. The number of para-hydroxylation sites is 1. The number of thioether (sulfide) groups is 1. The number of carboxylic acids is 2. The zero-order chi connectivity index (χ0) is 27.9. The van der Waals surface area contributed by atoms with Crippen LogP contribution in [0.1, 0.15) is 19.3 Å². The van der Waals surface area contributed by atoms with Crippen LogP contribution < -0.4 is 25.0 Å². The van der Waals surface area contributed by atoms with Crippen molar-refractivity contribution in [2.24, 2.45) is 0 Å². The number of benzene rings is 1. The van der Waals surface area contributed by atoms with E-state index in [1.165, 1.54) is 11.8 Å². The second kappa shape index (κ2) is 12.4. The maximum absolute atomic E-state index is 12.8. The van der Waals surface area contributed by atoms with Crippen LogP contribution in [0.25, 0.3) is 0 Å². The predicted octanol–water partition coefficient (Wildman–Crippen LogP) is -0.210. The lowest BCUT2D eigenvalue weighted by molar-refractivity contribution is -0.689. The van der Waals surface area contributed by atoms with E-state index in [1.54, 1.807) is 47.3 Å². The van der Waals surface area contributed by atoms with Crippen molar-refractivity contribution in [1.82, 2.24) is 15.5 Å². The maximum Gasteiger partial charge on any atom is 0.413 e. The van der Waals surface area contributed by atoms with Gasteiger partial charge < -0.3 is 30.4 Å². The molecule has 1 fully saturated rings. The molecule has 3 atom stereocenters. The molecule has 4 rings (SSSR count). The number of carbonyl (C=O) groups is 5. The normalized spacial score (nSPS) is 18.9. The van der Waals surface area contributed by atoms with Gasteiger partial charge in [0.25, 0.3) is 5.91 Å².